The minimum absolute atomic E-state index is 0.0347. The van der Waals surface area contributed by atoms with Gasteiger partial charge in [0.05, 0.1) is 11.1 Å². The Bertz CT molecular complexity index is 621. The molecule has 0 aliphatic heterocycles. The van der Waals surface area contributed by atoms with Crippen LogP contribution in [0.1, 0.15) is 16.7 Å². The monoisotopic (exact) mass is 270 g/mol. The molecule has 0 aliphatic carbocycles. The summed E-state index contributed by atoms with van der Waals surface area (Å²) < 4.78 is 0. The van der Waals surface area contributed by atoms with Crippen molar-refractivity contribution in [1.82, 2.24) is 0 Å². The minimum atomic E-state index is -0.440. The zero-order valence-corrected chi connectivity index (χ0v) is 11.0. The van der Waals surface area contributed by atoms with Gasteiger partial charge < -0.3 is 4.84 Å². The number of nitro groups is 1. The van der Waals surface area contributed by atoms with Gasteiger partial charge in [-0.05, 0) is 12.5 Å². The Morgan fingerprint density at radius 3 is 2.70 bits per heavy atom. The van der Waals surface area contributed by atoms with Gasteiger partial charge in [-0.3, -0.25) is 10.1 Å². The van der Waals surface area contributed by atoms with Crippen LogP contribution < -0.4 is 0 Å². The first-order valence-electron chi connectivity index (χ1n) is 6.10. The van der Waals surface area contributed by atoms with Crippen LogP contribution in [0.15, 0.2) is 53.7 Å². The van der Waals surface area contributed by atoms with Gasteiger partial charge in [-0.2, -0.15) is 0 Å². The second-order valence-electron chi connectivity index (χ2n) is 4.35. The lowest BCUT2D eigenvalue weighted by Gasteiger charge is -2.00. The van der Waals surface area contributed by atoms with Crippen molar-refractivity contribution < 1.29 is 9.76 Å². The fraction of sp³-hybridized carbons (Fsp3) is 0.133. The molecule has 0 aromatic heterocycles. The minimum Gasteiger partial charge on any atom is -0.391 e. The fourth-order valence-electron chi connectivity index (χ4n) is 1.61. The number of hydrogen-bond acceptors (Lipinski definition) is 4. The molecular formula is C15H14N2O3. The number of rotatable bonds is 5. The van der Waals surface area contributed by atoms with Gasteiger partial charge in [0.2, 0.25) is 0 Å². The molecule has 0 unspecified atom stereocenters. The lowest BCUT2D eigenvalue weighted by atomic mass is 10.2. The zero-order valence-electron chi connectivity index (χ0n) is 11.0. The molecule has 2 rings (SSSR count). The molecule has 5 heteroatoms. The number of nitrogens with zero attached hydrogens (tertiary/aromatic N) is 2. The number of benzene rings is 2. The largest absolute Gasteiger partial charge is 0.391 e. The van der Waals surface area contributed by atoms with Gasteiger partial charge in [-0.1, -0.05) is 47.1 Å². The summed E-state index contributed by atoms with van der Waals surface area (Å²) in [6, 6.07) is 14.2. The lowest BCUT2D eigenvalue weighted by Crippen LogP contribution is -1.91. The number of aryl methyl sites for hydroxylation is 1. The van der Waals surface area contributed by atoms with Crippen LogP contribution in [-0.2, 0) is 11.4 Å². The highest BCUT2D eigenvalue weighted by Crippen LogP contribution is 2.11. The topological polar surface area (TPSA) is 64.7 Å². The van der Waals surface area contributed by atoms with Crippen LogP contribution in [-0.4, -0.2) is 11.1 Å². The van der Waals surface area contributed by atoms with Gasteiger partial charge in [0, 0.05) is 17.7 Å². The molecule has 0 aliphatic rings. The number of oxime groups is 1. The van der Waals surface area contributed by atoms with Crippen molar-refractivity contribution in [3.8, 4) is 0 Å². The Kier molecular flexibility index (Phi) is 4.44. The first-order chi connectivity index (χ1) is 9.65. The molecule has 0 N–H and O–H groups in total. The van der Waals surface area contributed by atoms with Crippen LogP contribution in [0.2, 0.25) is 0 Å². The van der Waals surface area contributed by atoms with Crippen LogP contribution in [0.4, 0.5) is 5.69 Å². The summed E-state index contributed by atoms with van der Waals surface area (Å²) in [5, 5.41) is 14.4. The highest BCUT2D eigenvalue weighted by molar-refractivity contribution is 5.80. The van der Waals surface area contributed by atoms with Crippen molar-refractivity contribution in [2.75, 3.05) is 0 Å². The van der Waals surface area contributed by atoms with Gasteiger partial charge >= 0.3 is 0 Å². The maximum Gasteiger partial charge on any atom is 0.270 e. The zero-order chi connectivity index (χ0) is 14.4. The van der Waals surface area contributed by atoms with Gasteiger partial charge in [-0.25, -0.2) is 0 Å². The fourth-order valence-corrected chi connectivity index (χ4v) is 1.61. The van der Waals surface area contributed by atoms with Crippen LogP contribution in [0.5, 0.6) is 0 Å². The first-order valence-corrected chi connectivity index (χ1v) is 6.10. The molecule has 0 radical (unpaired) electrons. The molecule has 2 aromatic rings. The molecule has 102 valence electrons. The molecule has 0 saturated heterocycles. The third-order valence-electron chi connectivity index (χ3n) is 2.71. The molecule has 20 heavy (non-hydrogen) atoms. The smallest absolute Gasteiger partial charge is 0.270 e. The van der Waals surface area contributed by atoms with E-state index in [9.17, 15) is 10.1 Å². The number of hydrogen-bond donors (Lipinski definition) is 0. The highest BCUT2D eigenvalue weighted by Gasteiger charge is 2.03. The Labute approximate surface area is 116 Å². The predicted octanol–water partition coefficient (Wildman–Crippen LogP) is 3.45. The van der Waals surface area contributed by atoms with Gasteiger partial charge in [-0.15, -0.1) is 0 Å². The van der Waals surface area contributed by atoms with Crippen molar-refractivity contribution in [2.45, 2.75) is 13.5 Å². The first kappa shape index (κ1) is 13.7. The Morgan fingerprint density at radius 1 is 1.25 bits per heavy atom. The summed E-state index contributed by atoms with van der Waals surface area (Å²) in [6.45, 7) is 2.39. The van der Waals surface area contributed by atoms with E-state index in [1.54, 1.807) is 12.1 Å². The molecule has 0 heterocycles. The Balaban J connectivity index is 1.91. The quantitative estimate of drug-likeness (QED) is 0.475. The molecular weight excluding hydrogens is 256 g/mol. The van der Waals surface area contributed by atoms with Gasteiger partial charge in [0.25, 0.3) is 5.69 Å². The van der Waals surface area contributed by atoms with E-state index in [1.165, 1.54) is 23.9 Å². The summed E-state index contributed by atoms with van der Waals surface area (Å²) in [5.74, 6) is 0. The summed E-state index contributed by atoms with van der Waals surface area (Å²) >= 11 is 0. The number of non-ortho nitro benzene ring substituents is 1. The van der Waals surface area contributed by atoms with Gasteiger partial charge in [0.1, 0.15) is 6.61 Å². The normalized spacial score (nSPS) is 10.7. The van der Waals surface area contributed by atoms with E-state index in [1.807, 2.05) is 31.2 Å². The summed E-state index contributed by atoms with van der Waals surface area (Å²) in [6.07, 6.45) is 1.46. The van der Waals surface area contributed by atoms with Crippen LogP contribution in [0.25, 0.3) is 0 Å². The maximum absolute atomic E-state index is 10.6. The van der Waals surface area contributed by atoms with E-state index in [4.69, 9.17) is 4.84 Å². The van der Waals surface area contributed by atoms with E-state index in [2.05, 4.69) is 5.16 Å². The van der Waals surface area contributed by atoms with Crippen molar-refractivity contribution in [2.24, 2.45) is 5.16 Å². The van der Waals surface area contributed by atoms with Crippen molar-refractivity contribution in [1.29, 1.82) is 0 Å². The SMILES string of the molecule is Cc1ccc(CON=Cc2cccc([N+](=O)[O-])c2)cc1. The molecule has 0 bridgehead atoms. The molecule has 5 nitrogen and oxygen atoms in total. The Hall–Kier alpha value is -2.69. The molecule has 0 spiro atoms. The Morgan fingerprint density at radius 2 is 2.00 bits per heavy atom. The molecule has 0 fully saturated rings. The molecule has 0 amide bonds. The van der Waals surface area contributed by atoms with Crippen molar-refractivity contribution in [3.63, 3.8) is 0 Å². The van der Waals surface area contributed by atoms with Gasteiger partial charge in [0.15, 0.2) is 0 Å². The second kappa shape index (κ2) is 6.47. The third-order valence-corrected chi connectivity index (χ3v) is 2.71. The van der Waals surface area contributed by atoms with E-state index in [0.29, 0.717) is 12.2 Å². The average Bonchev–Trinajstić information content (AvgIpc) is 2.46. The van der Waals surface area contributed by atoms with Crippen LogP contribution in [0, 0.1) is 17.0 Å². The lowest BCUT2D eigenvalue weighted by molar-refractivity contribution is -0.384. The third kappa shape index (κ3) is 3.91. The highest BCUT2D eigenvalue weighted by atomic mass is 16.6. The standard InChI is InChI=1S/C15H14N2O3/c1-12-5-7-13(8-6-12)11-20-16-10-14-3-2-4-15(9-14)17(18)19/h2-10H,11H2,1H3. The molecule has 2 aromatic carbocycles. The summed E-state index contributed by atoms with van der Waals surface area (Å²) in [4.78, 5) is 15.3. The average molecular weight is 270 g/mol. The van der Waals surface area contributed by atoms with E-state index >= 15 is 0 Å². The summed E-state index contributed by atoms with van der Waals surface area (Å²) in [7, 11) is 0. The molecule has 0 saturated carbocycles. The predicted molar refractivity (Wildman–Crippen MR) is 76.7 cm³/mol. The van der Waals surface area contributed by atoms with E-state index < -0.39 is 4.92 Å². The van der Waals surface area contributed by atoms with E-state index in [0.717, 1.165) is 5.56 Å². The summed E-state index contributed by atoms with van der Waals surface area (Å²) in [5.41, 5.74) is 2.87. The van der Waals surface area contributed by atoms with E-state index in [-0.39, 0.29) is 5.69 Å². The number of nitro benzene ring substituents is 1. The maximum atomic E-state index is 10.6. The van der Waals surface area contributed by atoms with Crippen molar-refractivity contribution >= 4 is 11.9 Å². The van der Waals surface area contributed by atoms with Crippen LogP contribution in [0.3, 0.4) is 0 Å². The molecule has 0 atom stereocenters. The van der Waals surface area contributed by atoms with Crippen molar-refractivity contribution in [3.05, 3.63) is 75.3 Å². The second-order valence-corrected chi connectivity index (χ2v) is 4.35. The van der Waals surface area contributed by atoms with Crippen LogP contribution >= 0.6 is 0 Å².